The van der Waals surface area contributed by atoms with Crippen molar-refractivity contribution in [1.82, 2.24) is 19.5 Å². The van der Waals surface area contributed by atoms with Crippen LogP contribution in [0.4, 0.5) is 8.78 Å². The van der Waals surface area contributed by atoms with Gasteiger partial charge in [0.05, 0.1) is 46.4 Å². The van der Waals surface area contributed by atoms with Crippen molar-refractivity contribution >= 4 is 31.4 Å². The number of thiazole rings is 1. The van der Waals surface area contributed by atoms with Crippen LogP contribution in [-0.2, 0) is 27.7 Å². The molecule has 1 aliphatic heterocycles. The summed E-state index contributed by atoms with van der Waals surface area (Å²) in [5.74, 6) is -0.744. The topological polar surface area (TPSA) is 123 Å². The highest BCUT2D eigenvalue weighted by atomic mass is 32.2. The molecule has 0 aliphatic carbocycles. The Bertz CT molecular complexity index is 2360. The fraction of sp³-hybridized carbons (Fsp3) is 0.200. The number of nitrogens with zero attached hydrogens (tertiary/aromatic N) is 4. The molecule has 0 spiro atoms. The highest BCUT2D eigenvalue weighted by molar-refractivity contribution is 7.91. The van der Waals surface area contributed by atoms with E-state index in [4.69, 9.17) is 14.2 Å². The van der Waals surface area contributed by atoms with E-state index in [1.54, 1.807) is 48.8 Å². The lowest BCUT2D eigenvalue weighted by atomic mass is 10.1. The molecule has 1 unspecified atom stereocenters. The van der Waals surface area contributed by atoms with E-state index in [1.165, 1.54) is 34.2 Å². The van der Waals surface area contributed by atoms with Gasteiger partial charge in [-0.3, -0.25) is 4.79 Å². The standard InChI is InChI=1S/C35H28F2N4O6S2/c1-21-12-29(25-14-27(37)34(42)41(17-25)16-22-6-9-31-32(13-22)47-20-46-31)40-35(39-21)49(43,44)11-10-30(45-18-24-4-2-3-5-26(24)36)23-7-8-28-33(15-23)48-19-38-28/h2-9,12-15,17,19,30H,10-11,16,18,20H2,1H3. The maximum Gasteiger partial charge on any atom is 0.286 e. The quantitative estimate of drug-likeness (QED) is 0.141. The molecule has 3 aromatic carbocycles. The van der Waals surface area contributed by atoms with Crippen molar-refractivity contribution in [3.8, 4) is 22.8 Å². The second-order valence-corrected chi connectivity index (χ2v) is 14.3. The molecule has 0 saturated carbocycles. The van der Waals surface area contributed by atoms with Gasteiger partial charge in [-0.2, -0.15) is 0 Å². The van der Waals surface area contributed by atoms with E-state index in [2.05, 4.69) is 15.0 Å². The predicted octanol–water partition coefficient (Wildman–Crippen LogP) is 6.40. The first-order valence-corrected chi connectivity index (χ1v) is 17.7. The normalized spacial score (nSPS) is 13.2. The van der Waals surface area contributed by atoms with E-state index in [0.717, 1.165) is 16.3 Å². The fourth-order valence-corrected chi connectivity index (χ4v) is 7.45. The van der Waals surface area contributed by atoms with Crippen molar-refractivity contribution in [2.45, 2.75) is 37.8 Å². The van der Waals surface area contributed by atoms with Crippen LogP contribution in [0.1, 0.15) is 34.9 Å². The number of fused-ring (bicyclic) bond motifs is 2. The van der Waals surface area contributed by atoms with Crippen LogP contribution < -0.4 is 15.0 Å². The van der Waals surface area contributed by atoms with Gasteiger partial charge >= 0.3 is 0 Å². The molecule has 0 bridgehead atoms. The first kappa shape index (κ1) is 32.5. The molecular formula is C35H28F2N4O6S2. The summed E-state index contributed by atoms with van der Waals surface area (Å²) >= 11 is 1.44. The predicted molar refractivity (Wildman–Crippen MR) is 178 cm³/mol. The maximum atomic E-state index is 15.0. The third-order valence-electron chi connectivity index (χ3n) is 8.01. The summed E-state index contributed by atoms with van der Waals surface area (Å²) in [6.07, 6.45) is 0.734. The molecule has 4 heterocycles. The van der Waals surface area contributed by atoms with Crippen molar-refractivity contribution in [1.29, 1.82) is 0 Å². The molecule has 49 heavy (non-hydrogen) atoms. The number of hydrogen-bond acceptors (Lipinski definition) is 10. The summed E-state index contributed by atoms with van der Waals surface area (Å²) in [5, 5.41) is -0.442. The van der Waals surface area contributed by atoms with E-state index in [-0.39, 0.29) is 37.6 Å². The number of halogens is 2. The van der Waals surface area contributed by atoms with E-state index < -0.39 is 44.0 Å². The molecule has 10 nitrogen and oxygen atoms in total. The smallest absolute Gasteiger partial charge is 0.286 e. The molecule has 7 rings (SSSR count). The monoisotopic (exact) mass is 702 g/mol. The molecule has 1 atom stereocenters. The Morgan fingerprint density at radius 1 is 0.980 bits per heavy atom. The molecule has 0 amide bonds. The van der Waals surface area contributed by atoms with Crippen molar-refractivity contribution < 1.29 is 31.4 Å². The summed E-state index contributed by atoms with van der Waals surface area (Å²) in [6.45, 7) is 1.65. The Balaban J connectivity index is 1.15. The number of benzene rings is 3. The molecule has 250 valence electrons. The lowest BCUT2D eigenvalue weighted by Gasteiger charge is -2.19. The van der Waals surface area contributed by atoms with Gasteiger partial charge in [0, 0.05) is 23.0 Å². The van der Waals surface area contributed by atoms with Gasteiger partial charge in [0.1, 0.15) is 5.82 Å². The van der Waals surface area contributed by atoms with Crippen molar-refractivity contribution in [2.24, 2.45) is 0 Å². The molecule has 14 heteroatoms. The molecular weight excluding hydrogens is 675 g/mol. The molecule has 0 radical (unpaired) electrons. The SMILES string of the molecule is Cc1cc(-c2cc(F)c(=O)n(Cc3ccc4c(c3)OCO4)c2)nc(S(=O)(=O)CCC(OCc2ccccc2F)c2ccc3ncsc3c2)n1. The van der Waals surface area contributed by atoms with Gasteiger partial charge in [-0.25, -0.2) is 32.2 Å². The number of aromatic nitrogens is 4. The minimum Gasteiger partial charge on any atom is -0.454 e. The third-order valence-corrected chi connectivity index (χ3v) is 10.3. The van der Waals surface area contributed by atoms with Crippen molar-refractivity contribution in [3.63, 3.8) is 0 Å². The van der Waals surface area contributed by atoms with Crippen molar-refractivity contribution in [2.75, 3.05) is 12.5 Å². The van der Waals surface area contributed by atoms with Crippen LogP contribution >= 0.6 is 11.3 Å². The fourth-order valence-electron chi connectivity index (χ4n) is 5.50. The summed E-state index contributed by atoms with van der Waals surface area (Å²) in [5.41, 5.74) is 4.06. The second kappa shape index (κ2) is 13.5. The summed E-state index contributed by atoms with van der Waals surface area (Å²) in [4.78, 5) is 25.6. The van der Waals surface area contributed by atoms with Crippen LogP contribution in [0.25, 0.3) is 21.5 Å². The third kappa shape index (κ3) is 7.07. The van der Waals surface area contributed by atoms with Gasteiger partial charge < -0.3 is 18.8 Å². The van der Waals surface area contributed by atoms with Gasteiger partial charge in [0.15, 0.2) is 17.3 Å². The Morgan fingerprint density at radius 2 is 1.82 bits per heavy atom. The number of hydrogen-bond donors (Lipinski definition) is 0. The summed E-state index contributed by atoms with van der Waals surface area (Å²) in [6, 6.07) is 19.5. The van der Waals surface area contributed by atoms with Gasteiger partial charge in [0.25, 0.3) is 5.56 Å². The second-order valence-electron chi connectivity index (χ2n) is 11.5. The average molecular weight is 703 g/mol. The van der Waals surface area contributed by atoms with Gasteiger partial charge in [-0.1, -0.05) is 30.3 Å². The van der Waals surface area contributed by atoms with Crippen LogP contribution in [0, 0.1) is 18.6 Å². The van der Waals surface area contributed by atoms with E-state index in [1.807, 2.05) is 18.2 Å². The number of ether oxygens (including phenoxy) is 3. The van der Waals surface area contributed by atoms with Crippen molar-refractivity contribution in [3.05, 3.63) is 129 Å². The number of sulfone groups is 1. The summed E-state index contributed by atoms with van der Waals surface area (Å²) < 4.78 is 75.8. The lowest BCUT2D eigenvalue weighted by Crippen LogP contribution is -2.23. The number of pyridine rings is 1. The average Bonchev–Trinajstić information content (AvgIpc) is 3.76. The Kier molecular flexibility index (Phi) is 8.92. The first-order chi connectivity index (χ1) is 23.6. The molecule has 6 aromatic rings. The van der Waals surface area contributed by atoms with E-state index in [0.29, 0.717) is 33.9 Å². The van der Waals surface area contributed by atoms with Gasteiger partial charge in [-0.05, 0) is 66.9 Å². The Hall–Kier alpha value is -5.05. The largest absolute Gasteiger partial charge is 0.454 e. The van der Waals surface area contributed by atoms with Crippen LogP contribution in [0.2, 0.25) is 0 Å². The zero-order valence-electron chi connectivity index (χ0n) is 26.0. The lowest BCUT2D eigenvalue weighted by molar-refractivity contribution is 0.0362. The minimum atomic E-state index is -4.10. The first-order valence-electron chi connectivity index (χ1n) is 15.2. The van der Waals surface area contributed by atoms with E-state index in [9.17, 15) is 22.0 Å². The molecule has 0 saturated heterocycles. The maximum absolute atomic E-state index is 15.0. The molecule has 1 aliphatic rings. The highest BCUT2D eigenvalue weighted by Gasteiger charge is 2.25. The van der Waals surface area contributed by atoms with Crippen LogP contribution in [0.15, 0.2) is 94.5 Å². The number of aryl methyl sites for hydroxylation is 1. The van der Waals surface area contributed by atoms with Crippen LogP contribution in [0.3, 0.4) is 0 Å². The molecule has 0 N–H and O–H groups in total. The molecule has 3 aromatic heterocycles. The zero-order valence-corrected chi connectivity index (χ0v) is 27.6. The summed E-state index contributed by atoms with van der Waals surface area (Å²) in [7, 11) is -4.10. The Morgan fingerprint density at radius 3 is 2.67 bits per heavy atom. The zero-order chi connectivity index (χ0) is 34.1. The highest BCUT2D eigenvalue weighted by Crippen LogP contribution is 2.33. The number of rotatable bonds is 11. The van der Waals surface area contributed by atoms with Gasteiger partial charge in [-0.15, -0.1) is 11.3 Å². The Labute approximate surface area is 283 Å². The van der Waals surface area contributed by atoms with Gasteiger partial charge in [0.2, 0.25) is 21.8 Å². The molecule has 0 fully saturated rings. The van der Waals surface area contributed by atoms with Crippen LogP contribution in [0.5, 0.6) is 11.5 Å². The van der Waals surface area contributed by atoms with E-state index >= 15 is 0 Å². The van der Waals surface area contributed by atoms with Crippen LogP contribution in [-0.4, -0.2) is 40.5 Å². The minimum absolute atomic E-state index is 0.0166.